The van der Waals surface area contributed by atoms with Gasteiger partial charge in [-0.2, -0.15) is 0 Å². The lowest BCUT2D eigenvalue weighted by molar-refractivity contribution is -0.0710. The molecule has 126 valence electrons. The Kier molecular flexibility index (Phi) is 3.34. The van der Waals surface area contributed by atoms with Crippen LogP contribution in [0.5, 0.6) is 5.75 Å². The monoisotopic (exact) mass is 316 g/mol. The van der Waals surface area contributed by atoms with Crippen molar-refractivity contribution in [2.45, 2.75) is 70.0 Å². The number of aliphatic hydroxyl groups is 2. The van der Waals surface area contributed by atoms with Gasteiger partial charge >= 0.3 is 0 Å². The van der Waals surface area contributed by atoms with Crippen LogP contribution in [0.4, 0.5) is 0 Å². The van der Waals surface area contributed by atoms with Gasteiger partial charge in [0.1, 0.15) is 5.75 Å². The van der Waals surface area contributed by atoms with Crippen LogP contribution >= 0.6 is 0 Å². The Morgan fingerprint density at radius 1 is 1.22 bits per heavy atom. The van der Waals surface area contributed by atoms with E-state index in [4.69, 9.17) is 0 Å². The summed E-state index contributed by atoms with van der Waals surface area (Å²) in [6.07, 6.45) is 5.35. The van der Waals surface area contributed by atoms with Gasteiger partial charge in [-0.15, -0.1) is 0 Å². The van der Waals surface area contributed by atoms with Crippen molar-refractivity contribution in [1.82, 2.24) is 0 Å². The highest BCUT2D eigenvalue weighted by Gasteiger charge is 2.57. The minimum atomic E-state index is -0.846. The quantitative estimate of drug-likeness (QED) is 0.741. The van der Waals surface area contributed by atoms with Crippen molar-refractivity contribution in [2.24, 2.45) is 17.3 Å². The predicted molar refractivity (Wildman–Crippen MR) is 89.2 cm³/mol. The maximum Gasteiger partial charge on any atom is 0.115 e. The second-order valence-electron chi connectivity index (χ2n) is 8.38. The zero-order valence-electron chi connectivity index (χ0n) is 14.1. The summed E-state index contributed by atoms with van der Waals surface area (Å²) in [4.78, 5) is 0. The summed E-state index contributed by atoms with van der Waals surface area (Å²) in [5.74, 6) is 1.64. The highest BCUT2D eigenvalue weighted by Crippen LogP contribution is 2.63. The van der Waals surface area contributed by atoms with Crippen molar-refractivity contribution in [3.8, 4) is 5.75 Å². The first kappa shape index (κ1) is 15.5. The Labute approximate surface area is 138 Å². The number of aliphatic hydroxyl groups excluding tert-OH is 1. The van der Waals surface area contributed by atoms with Gasteiger partial charge in [0.05, 0.1) is 11.7 Å². The lowest BCUT2D eigenvalue weighted by atomic mass is 9.53. The average Bonchev–Trinajstić information content (AvgIpc) is 2.84. The van der Waals surface area contributed by atoms with Gasteiger partial charge in [-0.3, -0.25) is 0 Å². The van der Waals surface area contributed by atoms with E-state index in [-0.39, 0.29) is 17.3 Å². The van der Waals surface area contributed by atoms with E-state index < -0.39 is 5.60 Å². The lowest BCUT2D eigenvalue weighted by Gasteiger charge is -2.53. The number of hydrogen-bond donors (Lipinski definition) is 3. The number of phenols is 1. The van der Waals surface area contributed by atoms with E-state index in [1.54, 1.807) is 12.1 Å². The van der Waals surface area contributed by atoms with Gasteiger partial charge in [0, 0.05) is 0 Å². The first-order chi connectivity index (χ1) is 10.9. The summed E-state index contributed by atoms with van der Waals surface area (Å²) in [6, 6.07) is 5.55. The number of rotatable bonds is 1. The molecule has 2 fully saturated rings. The highest BCUT2D eigenvalue weighted by molar-refractivity contribution is 5.44. The molecule has 3 nitrogen and oxygen atoms in total. The fourth-order valence-electron chi connectivity index (χ4n) is 6.04. The standard InChI is InChI=1S/C20H28O3/c1-3-20(23)11-15-13(14-5-4-12(21)10-17(14)20)8-9-19(2)16(15)6-7-18(19)22/h4-5,10,13,15-16,18,21-23H,3,6-9,11H2,1-2H3/t13-,15-,16+,18+,19+,20?/m1/s1. The summed E-state index contributed by atoms with van der Waals surface area (Å²) in [7, 11) is 0. The third-order valence-corrected chi connectivity index (χ3v) is 7.48. The minimum absolute atomic E-state index is 0.0181. The summed E-state index contributed by atoms with van der Waals surface area (Å²) in [5, 5.41) is 31.7. The molecule has 23 heavy (non-hydrogen) atoms. The topological polar surface area (TPSA) is 60.7 Å². The zero-order chi connectivity index (χ0) is 16.4. The minimum Gasteiger partial charge on any atom is -0.508 e. The normalized spacial score (nSPS) is 45.2. The summed E-state index contributed by atoms with van der Waals surface area (Å²) < 4.78 is 0. The van der Waals surface area contributed by atoms with Crippen LogP contribution < -0.4 is 0 Å². The molecule has 0 aromatic heterocycles. The van der Waals surface area contributed by atoms with E-state index in [0.29, 0.717) is 24.2 Å². The van der Waals surface area contributed by atoms with Crippen LogP contribution in [-0.4, -0.2) is 21.4 Å². The van der Waals surface area contributed by atoms with E-state index in [0.717, 1.165) is 37.7 Å². The van der Waals surface area contributed by atoms with Crippen LogP contribution in [0, 0.1) is 17.3 Å². The van der Waals surface area contributed by atoms with Crippen molar-refractivity contribution in [2.75, 3.05) is 0 Å². The number of fused-ring (bicyclic) bond motifs is 5. The third-order valence-electron chi connectivity index (χ3n) is 7.48. The highest BCUT2D eigenvalue weighted by atomic mass is 16.3. The summed E-state index contributed by atoms with van der Waals surface area (Å²) in [6.45, 7) is 4.28. The molecule has 1 unspecified atom stereocenters. The summed E-state index contributed by atoms with van der Waals surface area (Å²) >= 11 is 0. The molecule has 2 saturated carbocycles. The smallest absolute Gasteiger partial charge is 0.115 e. The maximum absolute atomic E-state index is 11.3. The van der Waals surface area contributed by atoms with E-state index in [9.17, 15) is 15.3 Å². The molecule has 0 heterocycles. The Hall–Kier alpha value is -1.06. The van der Waals surface area contributed by atoms with Gasteiger partial charge in [-0.1, -0.05) is 19.9 Å². The van der Waals surface area contributed by atoms with Crippen molar-refractivity contribution in [3.63, 3.8) is 0 Å². The molecule has 1 aromatic carbocycles. The Balaban J connectivity index is 1.81. The fourth-order valence-corrected chi connectivity index (χ4v) is 6.04. The van der Waals surface area contributed by atoms with Gasteiger partial charge < -0.3 is 15.3 Å². The van der Waals surface area contributed by atoms with Crippen LogP contribution in [0.2, 0.25) is 0 Å². The molecule has 0 radical (unpaired) electrons. The number of benzene rings is 1. The molecular weight excluding hydrogens is 288 g/mol. The van der Waals surface area contributed by atoms with E-state index in [2.05, 4.69) is 6.92 Å². The number of phenolic OH excluding ortho intramolecular Hbond substituents is 1. The average molecular weight is 316 g/mol. The van der Waals surface area contributed by atoms with Crippen LogP contribution in [-0.2, 0) is 5.60 Å². The van der Waals surface area contributed by atoms with Gasteiger partial charge in [-0.25, -0.2) is 0 Å². The molecule has 3 aliphatic rings. The SMILES string of the molecule is CCC1(O)C[C@@H]2[C@H](CC[C@]3(C)[C@@H](O)CC[C@@H]23)c2ccc(O)cc21. The maximum atomic E-state index is 11.3. The van der Waals surface area contributed by atoms with Gasteiger partial charge in [-0.05, 0) is 85.0 Å². The molecule has 6 atom stereocenters. The Morgan fingerprint density at radius 2 is 2.00 bits per heavy atom. The third kappa shape index (κ3) is 2.02. The molecular formula is C20H28O3. The largest absolute Gasteiger partial charge is 0.508 e. The first-order valence-corrected chi connectivity index (χ1v) is 9.13. The van der Waals surface area contributed by atoms with Gasteiger partial charge in [0.25, 0.3) is 0 Å². The molecule has 0 amide bonds. The van der Waals surface area contributed by atoms with Gasteiger partial charge in [0.2, 0.25) is 0 Å². The van der Waals surface area contributed by atoms with Crippen molar-refractivity contribution >= 4 is 0 Å². The molecule has 0 bridgehead atoms. The first-order valence-electron chi connectivity index (χ1n) is 9.13. The lowest BCUT2D eigenvalue weighted by Crippen LogP contribution is -2.48. The van der Waals surface area contributed by atoms with E-state index in [1.165, 1.54) is 5.56 Å². The van der Waals surface area contributed by atoms with Gasteiger partial charge in [0.15, 0.2) is 0 Å². The molecule has 0 saturated heterocycles. The number of aromatic hydroxyl groups is 1. The van der Waals surface area contributed by atoms with Crippen LogP contribution in [0.3, 0.4) is 0 Å². The van der Waals surface area contributed by atoms with Crippen molar-refractivity contribution in [3.05, 3.63) is 29.3 Å². The molecule has 3 heteroatoms. The van der Waals surface area contributed by atoms with Crippen molar-refractivity contribution < 1.29 is 15.3 Å². The fraction of sp³-hybridized carbons (Fsp3) is 0.700. The molecule has 3 N–H and O–H groups in total. The Bertz CT molecular complexity index is 627. The van der Waals surface area contributed by atoms with E-state index >= 15 is 0 Å². The summed E-state index contributed by atoms with van der Waals surface area (Å²) in [5.41, 5.74) is 1.33. The van der Waals surface area contributed by atoms with E-state index in [1.807, 2.05) is 13.0 Å². The number of hydrogen-bond acceptors (Lipinski definition) is 3. The van der Waals surface area contributed by atoms with Crippen LogP contribution in [0.1, 0.15) is 69.4 Å². The molecule has 1 aromatic rings. The van der Waals surface area contributed by atoms with Crippen LogP contribution in [0.25, 0.3) is 0 Å². The zero-order valence-corrected chi connectivity index (χ0v) is 14.1. The van der Waals surface area contributed by atoms with Crippen molar-refractivity contribution in [1.29, 1.82) is 0 Å². The molecule has 0 aliphatic heterocycles. The molecule has 4 rings (SSSR count). The molecule has 3 aliphatic carbocycles. The predicted octanol–water partition coefficient (Wildman–Crippen LogP) is 3.66. The second kappa shape index (κ2) is 4.97. The second-order valence-corrected chi connectivity index (χ2v) is 8.38. The van der Waals surface area contributed by atoms with Crippen LogP contribution in [0.15, 0.2) is 18.2 Å². The molecule has 0 spiro atoms. The Morgan fingerprint density at radius 3 is 2.74 bits per heavy atom.